The molecule has 1 amide bonds. The number of carbonyl (C=O) groups is 1. The van der Waals surface area contributed by atoms with E-state index in [2.05, 4.69) is 33.0 Å². The molecule has 0 aromatic heterocycles. The second kappa shape index (κ2) is 5.85. The maximum atomic E-state index is 12.1. The fourth-order valence-electron chi connectivity index (χ4n) is 2.25. The molecule has 3 heteroatoms. The zero-order valence-electron chi connectivity index (χ0n) is 11.8. The average molecular weight is 240 g/mol. The number of carbonyl (C=O) groups excluding carboxylic acids is 1. The van der Waals surface area contributed by atoms with Crippen molar-refractivity contribution in [2.75, 3.05) is 6.54 Å². The zero-order chi connectivity index (χ0) is 13.1. The minimum Gasteiger partial charge on any atom is -0.355 e. The lowest BCUT2D eigenvalue weighted by Crippen LogP contribution is -2.42. The summed E-state index contributed by atoms with van der Waals surface area (Å²) in [5.74, 6) is 0.876. The summed E-state index contributed by atoms with van der Waals surface area (Å²) in [4.78, 5) is 12.1. The molecule has 0 radical (unpaired) electrons. The molecule has 100 valence electrons. The minimum atomic E-state index is 0.178. The smallest absolute Gasteiger partial charge is 0.223 e. The Labute approximate surface area is 106 Å². The topological polar surface area (TPSA) is 55.1 Å². The van der Waals surface area contributed by atoms with Crippen molar-refractivity contribution in [1.29, 1.82) is 0 Å². The highest BCUT2D eigenvalue weighted by molar-refractivity contribution is 5.78. The number of nitrogens with two attached hydrogens (primary N) is 1. The fraction of sp³-hybridized carbons (Fsp3) is 0.929. The van der Waals surface area contributed by atoms with Gasteiger partial charge in [0.1, 0.15) is 0 Å². The summed E-state index contributed by atoms with van der Waals surface area (Å²) in [7, 11) is 0. The van der Waals surface area contributed by atoms with Gasteiger partial charge in [-0.15, -0.1) is 0 Å². The maximum Gasteiger partial charge on any atom is 0.223 e. The van der Waals surface area contributed by atoms with Crippen LogP contribution in [0, 0.1) is 17.3 Å². The Kier molecular flexibility index (Phi) is 4.99. The summed E-state index contributed by atoms with van der Waals surface area (Å²) in [6.07, 6.45) is 3.96. The van der Waals surface area contributed by atoms with Crippen molar-refractivity contribution >= 4 is 5.91 Å². The number of hydrogen-bond donors (Lipinski definition) is 2. The highest BCUT2D eigenvalue weighted by atomic mass is 16.1. The third kappa shape index (κ3) is 4.30. The molecule has 0 aliphatic heterocycles. The van der Waals surface area contributed by atoms with Gasteiger partial charge in [-0.1, -0.05) is 27.7 Å². The first-order valence-corrected chi connectivity index (χ1v) is 6.89. The van der Waals surface area contributed by atoms with Crippen LogP contribution in [0.1, 0.15) is 53.4 Å². The van der Waals surface area contributed by atoms with Gasteiger partial charge in [-0.2, -0.15) is 0 Å². The number of hydrogen-bond acceptors (Lipinski definition) is 2. The first kappa shape index (κ1) is 14.5. The molecule has 3 N–H and O–H groups in total. The molecular formula is C14H28N2O. The van der Waals surface area contributed by atoms with Gasteiger partial charge in [-0.05, 0) is 37.0 Å². The summed E-state index contributed by atoms with van der Waals surface area (Å²) >= 11 is 0. The first-order valence-electron chi connectivity index (χ1n) is 6.89. The third-order valence-electron chi connectivity index (χ3n) is 4.30. The summed E-state index contributed by atoms with van der Waals surface area (Å²) < 4.78 is 0. The van der Waals surface area contributed by atoms with E-state index in [9.17, 15) is 4.79 Å². The van der Waals surface area contributed by atoms with Crippen molar-refractivity contribution < 1.29 is 4.79 Å². The van der Waals surface area contributed by atoms with E-state index in [1.54, 1.807) is 0 Å². The van der Waals surface area contributed by atoms with Gasteiger partial charge in [0.15, 0.2) is 0 Å². The molecule has 1 saturated carbocycles. The van der Waals surface area contributed by atoms with Crippen LogP contribution in [0.5, 0.6) is 0 Å². The second-order valence-electron chi connectivity index (χ2n) is 6.39. The van der Waals surface area contributed by atoms with Crippen LogP contribution >= 0.6 is 0 Å². The molecule has 0 aromatic carbocycles. The van der Waals surface area contributed by atoms with Gasteiger partial charge in [-0.25, -0.2) is 0 Å². The summed E-state index contributed by atoms with van der Waals surface area (Å²) in [5.41, 5.74) is 6.17. The van der Waals surface area contributed by atoms with E-state index in [1.807, 2.05) is 0 Å². The summed E-state index contributed by atoms with van der Waals surface area (Å²) in [5, 5.41) is 3.10. The minimum absolute atomic E-state index is 0.178. The van der Waals surface area contributed by atoms with Gasteiger partial charge in [0.05, 0.1) is 0 Å². The molecule has 1 rings (SSSR count). The van der Waals surface area contributed by atoms with Crippen LogP contribution in [0.15, 0.2) is 0 Å². The van der Waals surface area contributed by atoms with Crippen molar-refractivity contribution in [3.63, 3.8) is 0 Å². The van der Waals surface area contributed by atoms with E-state index in [0.29, 0.717) is 5.92 Å². The Bertz CT molecular complexity index is 263. The van der Waals surface area contributed by atoms with Crippen LogP contribution in [0.2, 0.25) is 0 Å². The molecular weight excluding hydrogens is 212 g/mol. The molecule has 1 aliphatic rings. The van der Waals surface area contributed by atoms with Crippen molar-refractivity contribution in [1.82, 2.24) is 5.32 Å². The van der Waals surface area contributed by atoms with E-state index in [0.717, 1.165) is 32.2 Å². The Hall–Kier alpha value is -0.570. The van der Waals surface area contributed by atoms with Crippen molar-refractivity contribution in [2.45, 2.75) is 59.4 Å². The van der Waals surface area contributed by atoms with E-state index in [-0.39, 0.29) is 23.3 Å². The number of rotatable bonds is 4. The predicted molar refractivity (Wildman–Crippen MR) is 71.6 cm³/mol. The van der Waals surface area contributed by atoms with Gasteiger partial charge in [-0.3, -0.25) is 4.79 Å². The number of nitrogens with one attached hydrogen (secondary N) is 1. The SMILES string of the molecule is CCC(C)(C)CNC(=O)C1CCC(N)C(C)C1. The van der Waals surface area contributed by atoms with E-state index in [1.165, 1.54) is 0 Å². The van der Waals surface area contributed by atoms with E-state index < -0.39 is 0 Å². The van der Waals surface area contributed by atoms with Crippen LogP contribution < -0.4 is 11.1 Å². The van der Waals surface area contributed by atoms with Crippen LogP contribution in [0.3, 0.4) is 0 Å². The van der Waals surface area contributed by atoms with Gasteiger partial charge in [0.2, 0.25) is 5.91 Å². The monoisotopic (exact) mass is 240 g/mol. The molecule has 0 saturated heterocycles. The normalized spacial score (nSPS) is 30.1. The predicted octanol–water partition coefficient (Wildman–Crippen LogP) is 2.30. The van der Waals surface area contributed by atoms with Crippen LogP contribution in [0.4, 0.5) is 0 Å². The Morgan fingerprint density at radius 3 is 2.59 bits per heavy atom. The lowest BCUT2D eigenvalue weighted by Gasteiger charge is -2.32. The first-order chi connectivity index (χ1) is 7.85. The van der Waals surface area contributed by atoms with Crippen molar-refractivity contribution in [3.05, 3.63) is 0 Å². The maximum absolute atomic E-state index is 12.1. The molecule has 17 heavy (non-hydrogen) atoms. The van der Waals surface area contributed by atoms with Gasteiger partial charge in [0.25, 0.3) is 0 Å². The Morgan fingerprint density at radius 1 is 1.41 bits per heavy atom. The van der Waals surface area contributed by atoms with Crippen molar-refractivity contribution in [3.8, 4) is 0 Å². The molecule has 3 atom stereocenters. The molecule has 1 fully saturated rings. The largest absolute Gasteiger partial charge is 0.355 e. The molecule has 0 bridgehead atoms. The van der Waals surface area contributed by atoms with Gasteiger partial charge in [0, 0.05) is 18.5 Å². The molecule has 0 spiro atoms. The summed E-state index contributed by atoms with van der Waals surface area (Å²) in [6, 6.07) is 0.283. The van der Waals surface area contributed by atoms with Gasteiger partial charge < -0.3 is 11.1 Å². The third-order valence-corrected chi connectivity index (χ3v) is 4.30. The zero-order valence-corrected chi connectivity index (χ0v) is 11.8. The summed E-state index contributed by atoms with van der Waals surface area (Å²) in [6.45, 7) is 9.46. The molecule has 3 nitrogen and oxygen atoms in total. The highest BCUT2D eigenvalue weighted by Crippen LogP contribution is 2.28. The fourth-order valence-corrected chi connectivity index (χ4v) is 2.25. The Balaban J connectivity index is 2.38. The van der Waals surface area contributed by atoms with E-state index in [4.69, 9.17) is 5.73 Å². The highest BCUT2D eigenvalue weighted by Gasteiger charge is 2.30. The van der Waals surface area contributed by atoms with Gasteiger partial charge >= 0.3 is 0 Å². The van der Waals surface area contributed by atoms with Crippen LogP contribution in [-0.2, 0) is 4.79 Å². The molecule has 1 aliphatic carbocycles. The van der Waals surface area contributed by atoms with Crippen LogP contribution in [-0.4, -0.2) is 18.5 Å². The molecule has 0 aromatic rings. The molecule has 3 unspecified atom stereocenters. The standard InChI is InChI=1S/C14H28N2O/c1-5-14(3,4)9-16-13(17)11-6-7-12(15)10(2)8-11/h10-12H,5-9,15H2,1-4H3,(H,16,17). The second-order valence-corrected chi connectivity index (χ2v) is 6.39. The lowest BCUT2D eigenvalue weighted by molar-refractivity contribution is -0.127. The Morgan fingerprint density at radius 2 is 2.06 bits per heavy atom. The van der Waals surface area contributed by atoms with E-state index >= 15 is 0 Å². The number of amides is 1. The molecule has 0 heterocycles. The van der Waals surface area contributed by atoms with Crippen molar-refractivity contribution in [2.24, 2.45) is 23.0 Å². The van der Waals surface area contributed by atoms with Crippen LogP contribution in [0.25, 0.3) is 0 Å². The lowest BCUT2D eigenvalue weighted by atomic mass is 9.79. The average Bonchev–Trinajstić information content (AvgIpc) is 2.30. The quantitative estimate of drug-likeness (QED) is 0.792.